The molecule has 0 saturated carbocycles. The third-order valence-electron chi connectivity index (χ3n) is 3.04. The van der Waals surface area contributed by atoms with Gasteiger partial charge < -0.3 is 4.90 Å². The summed E-state index contributed by atoms with van der Waals surface area (Å²) in [6.07, 6.45) is 0. The minimum atomic E-state index is -1.75. The lowest BCUT2D eigenvalue weighted by atomic mass is 10.2. The monoisotopic (exact) mass is 283 g/mol. The molecule has 4 heteroatoms. The zero-order valence-corrected chi connectivity index (χ0v) is 13.7. The second kappa shape index (κ2) is 5.93. The van der Waals surface area contributed by atoms with E-state index in [0.29, 0.717) is 0 Å². The molecule has 18 heavy (non-hydrogen) atoms. The average molecular weight is 283 g/mol. The fourth-order valence-corrected chi connectivity index (χ4v) is 4.47. The van der Waals surface area contributed by atoms with Crippen LogP contribution in [0.25, 0.3) is 0 Å². The summed E-state index contributed by atoms with van der Waals surface area (Å²) in [4.78, 5) is 2.88. The van der Waals surface area contributed by atoms with Crippen molar-refractivity contribution in [2.24, 2.45) is 0 Å². The van der Waals surface area contributed by atoms with Gasteiger partial charge in [0.15, 0.2) is 0 Å². The number of hydrogen-bond acceptors (Lipinski definition) is 1. The molecule has 0 atom stereocenters. The van der Waals surface area contributed by atoms with E-state index in [1.807, 2.05) is 6.07 Å². The Morgan fingerprint density at radius 3 is 2.22 bits per heavy atom. The molecule has 0 spiro atoms. The maximum absolute atomic E-state index is 14.1. The van der Waals surface area contributed by atoms with Crippen molar-refractivity contribution in [1.82, 2.24) is 4.90 Å². The van der Waals surface area contributed by atoms with E-state index in [4.69, 9.17) is 12.2 Å². The lowest BCUT2D eigenvalue weighted by Gasteiger charge is -2.27. The van der Waals surface area contributed by atoms with Gasteiger partial charge >= 0.3 is 0 Å². The summed E-state index contributed by atoms with van der Waals surface area (Å²) in [5.41, 5.74) is 0.910. The fourth-order valence-electron chi connectivity index (χ4n) is 2.15. The van der Waals surface area contributed by atoms with E-state index in [1.54, 1.807) is 12.1 Å². The van der Waals surface area contributed by atoms with E-state index in [-0.39, 0.29) is 5.82 Å². The van der Waals surface area contributed by atoms with Crippen molar-refractivity contribution in [3.8, 4) is 0 Å². The molecule has 0 fully saturated rings. The molecule has 0 radical (unpaired) electrons. The van der Waals surface area contributed by atoms with Gasteiger partial charge in [0.25, 0.3) is 0 Å². The van der Waals surface area contributed by atoms with Crippen molar-refractivity contribution in [3.05, 3.63) is 29.6 Å². The topological polar surface area (TPSA) is 3.24 Å². The van der Waals surface area contributed by atoms with Crippen molar-refractivity contribution in [2.75, 3.05) is 13.1 Å². The van der Waals surface area contributed by atoms with Crippen molar-refractivity contribution in [3.63, 3.8) is 0 Å². The molecule has 0 unspecified atom stereocenters. The lowest BCUT2D eigenvalue weighted by Crippen LogP contribution is -2.46. The van der Waals surface area contributed by atoms with E-state index in [9.17, 15) is 4.39 Å². The molecular weight excluding hydrogens is 261 g/mol. The Hall–Kier alpha value is -0.743. The zero-order chi connectivity index (χ0) is 13.9. The molecule has 1 aromatic rings. The van der Waals surface area contributed by atoms with E-state index in [0.717, 1.165) is 28.8 Å². The van der Waals surface area contributed by atoms with Crippen molar-refractivity contribution in [1.29, 1.82) is 0 Å². The van der Waals surface area contributed by atoms with Gasteiger partial charge in [-0.1, -0.05) is 44.0 Å². The number of rotatable bonds is 4. The highest BCUT2D eigenvalue weighted by atomic mass is 32.1. The third-order valence-corrected chi connectivity index (χ3v) is 5.53. The van der Waals surface area contributed by atoms with Gasteiger partial charge in [0.2, 0.25) is 0 Å². The minimum absolute atomic E-state index is 0.110. The summed E-state index contributed by atoms with van der Waals surface area (Å²) in [7, 11) is -1.75. The smallest absolute Gasteiger partial charge is 0.123 e. The van der Waals surface area contributed by atoms with Gasteiger partial charge in [-0.25, -0.2) is 4.39 Å². The molecular formula is C14H22FNSSi. The number of benzene rings is 1. The average Bonchev–Trinajstić information content (AvgIpc) is 2.28. The highest BCUT2D eigenvalue weighted by molar-refractivity contribution is 7.80. The predicted molar refractivity (Wildman–Crippen MR) is 84.0 cm³/mol. The molecule has 0 N–H and O–H groups in total. The Morgan fingerprint density at radius 2 is 1.78 bits per heavy atom. The Morgan fingerprint density at radius 1 is 1.22 bits per heavy atom. The fraction of sp³-hybridized carbons (Fsp3) is 0.500. The Bertz CT molecular complexity index is 436. The molecule has 0 saturated heterocycles. The number of halogens is 1. The molecule has 1 nitrogen and oxygen atoms in total. The summed E-state index contributed by atoms with van der Waals surface area (Å²) >= 11 is 5.54. The van der Waals surface area contributed by atoms with Crippen LogP contribution in [-0.2, 0) is 0 Å². The van der Waals surface area contributed by atoms with E-state index in [2.05, 4.69) is 38.4 Å². The quantitative estimate of drug-likeness (QED) is 0.615. The second-order valence-corrected chi connectivity index (χ2v) is 10.8. The molecule has 1 aromatic carbocycles. The molecule has 0 aliphatic rings. The van der Waals surface area contributed by atoms with E-state index < -0.39 is 8.07 Å². The van der Waals surface area contributed by atoms with Crippen LogP contribution in [0, 0.1) is 5.82 Å². The maximum Gasteiger partial charge on any atom is 0.123 e. The minimum Gasteiger partial charge on any atom is -0.363 e. The highest BCUT2D eigenvalue weighted by Gasteiger charge is 2.26. The SMILES string of the molecule is CCN(CC)C(=S)c1cccc(F)c1[Si](C)(C)C. The molecule has 0 heterocycles. The van der Waals surface area contributed by atoms with Crippen LogP contribution in [0.2, 0.25) is 19.6 Å². The van der Waals surface area contributed by atoms with E-state index in [1.165, 1.54) is 0 Å². The standard InChI is InChI=1S/C14H22FNSSi/c1-6-16(7-2)14(17)11-9-8-10-12(15)13(11)18(3,4)5/h8-10H,6-7H2,1-5H3. The molecule has 0 amide bonds. The first-order valence-electron chi connectivity index (χ1n) is 6.41. The van der Waals surface area contributed by atoms with Gasteiger partial charge in [-0.2, -0.15) is 0 Å². The van der Waals surface area contributed by atoms with Gasteiger partial charge in [-0.15, -0.1) is 0 Å². The van der Waals surface area contributed by atoms with Gasteiger partial charge in [0.05, 0.1) is 8.07 Å². The van der Waals surface area contributed by atoms with Crippen molar-refractivity contribution < 1.29 is 4.39 Å². The van der Waals surface area contributed by atoms with Crippen LogP contribution >= 0.6 is 12.2 Å². The number of nitrogens with zero attached hydrogens (tertiary/aromatic N) is 1. The van der Waals surface area contributed by atoms with Crippen LogP contribution in [0.3, 0.4) is 0 Å². The van der Waals surface area contributed by atoms with Crippen LogP contribution in [0.5, 0.6) is 0 Å². The molecule has 0 aliphatic heterocycles. The highest BCUT2D eigenvalue weighted by Crippen LogP contribution is 2.13. The number of hydrogen-bond donors (Lipinski definition) is 0. The maximum atomic E-state index is 14.1. The first kappa shape index (κ1) is 15.3. The van der Waals surface area contributed by atoms with Crippen LogP contribution < -0.4 is 5.19 Å². The molecule has 0 aromatic heterocycles. The largest absolute Gasteiger partial charge is 0.363 e. The first-order chi connectivity index (χ1) is 8.32. The van der Waals surface area contributed by atoms with Crippen molar-refractivity contribution >= 4 is 30.5 Å². The lowest BCUT2D eigenvalue weighted by molar-refractivity contribution is 0.474. The van der Waals surface area contributed by atoms with Crippen LogP contribution in [0.4, 0.5) is 4.39 Å². The summed E-state index contributed by atoms with van der Waals surface area (Å²) in [5.74, 6) is -0.110. The Labute approximate surface area is 116 Å². The van der Waals surface area contributed by atoms with Crippen LogP contribution in [0.15, 0.2) is 18.2 Å². The van der Waals surface area contributed by atoms with Gasteiger partial charge in [0.1, 0.15) is 10.8 Å². The molecule has 0 aliphatic carbocycles. The van der Waals surface area contributed by atoms with Crippen molar-refractivity contribution in [2.45, 2.75) is 33.5 Å². The summed E-state index contributed by atoms with van der Waals surface area (Å²) in [6.45, 7) is 12.3. The molecule has 1 rings (SSSR count). The Kier molecular flexibility index (Phi) is 5.05. The summed E-state index contributed by atoms with van der Waals surface area (Å²) in [6, 6.07) is 5.25. The van der Waals surface area contributed by atoms with Gasteiger partial charge in [-0.3, -0.25) is 0 Å². The van der Waals surface area contributed by atoms with Crippen LogP contribution in [0.1, 0.15) is 19.4 Å². The second-order valence-electron chi connectivity index (χ2n) is 5.39. The number of thiocarbonyl (C=S) groups is 1. The molecule has 100 valence electrons. The first-order valence-corrected chi connectivity index (χ1v) is 10.3. The van der Waals surface area contributed by atoms with Gasteiger partial charge in [-0.05, 0) is 25.1 Å². The van der Waals surface area contributed by atoms with Gasteiger partial charge in [0, 0.05) is 18.7 Å². The Balaban J connectivity index is 3.33. The summed E-state index contributed by atoms with van der Waals surface area (Å²) in [5, 5.41) is 0.849. The zero-order valence-electron chi connectivity index (χ0n) is 11.9. The normalized spacial score (nSPS) is 11.4. The van der Waals surface area contributed by atoms with Crippen LogP contribution in [-0.4, -0.2) is 31.1 Å². The predicted octanol–water partition coefficient (Wildman–Crippen LogP) is 3.39. The van der Waals surface area contributed by atoms with E-state index >= 15 is 0 Å². The molecule has 0 bridgehead atoms. The third kappa shape index (κ3) is 3.17. The summed E-state index contributed by atoms with van der Waals surface area (Å²) < 4.78 is 14.1.